The minimum atomic E-state index is -0.639. The molecule has 5 aromatic rings. The van der Waals surface area contributed by atoms with E-state index in [4.69, 9.17) is 11.6 Å². The number of fused-ring (bicyclic) bond motifs is 1. The third kappa shape index (κ3) is 3.61. The number of halogens is 2. The molecule has 1 aliphatic rings. The van der Waals surface area contributed by atoms with Gasteiger partial charge in [-0.1, -0.05) is 18.5 Å². The molecule has 1 aliphatic heterocycles. The number of hydrogen-bond acceptors (Lipinski definition) is 6. The van der Waals surface area contributed by atoms with Crippen LogP contribution in [0.3, 0.4) is 0 Å². The first-order valence-electron chi connectivity index (χ1n) is 11.4. The molecule has 11 heteroatoms. The highest BCUT2D eigenvalue weighted by molar-refractivity contribution is 6.31. The van der Waals surface area contributed by atoms with Crippen LogP contribution in [-0.2, 0) is 0 Å². The lowest BCUT2D eigenvalue weighted by atomic mass is 9.99. The summed E-state index contributed by atoms with van der Waals surface area (Å²) in [6.07, 6.45) is 5.57. The number of aromatic nitrogens is 8. The number of nitrogens with one attached hydrogen (secondary N) is 1. The van der Waals surface area contributed by atoms with Crippen LogP contribution in [-0.4, -0.2) is 39.7 Å². The second kappa shape index (κ2) is 8.49. The van der Waals surface area contributed by atoms with E-state index in [1.54, 1.807) is 23.0 Å². The summed E-state index contributed by atoms with van der Waals surface area (Å²) in [5, 5.41) is 11.1. The molecule has 1 N–H and O–H groups in total. The molecule has 2 atom stereocenters. The summed E-state index contributed by atoms with van der Waals surface area (Å²) < 4.78 is 18.4. The van der Waals surface area contributed by atoms with Crippen molar-refractivity contribution in [2.75, 3.05) is 0 Å². The highest BCUT2D eigenvalue weighted by Crippen LogP contribution is 2.40. The van der Waals surface area contributed by atoms with E-state index < -0.39 is 5.82 Å². The molecule has 0 saturated heterocycles. The maximum absolute atomic E-state index is 15.3. The average molecular weight is 503 g/mol. The lowest BCUT2D eigenvalue weighted by Crippen LogP contribution is -2.24. The molecular weight excluding hydrogens is 483 g/mol. The maximum Gasteiger partial charge on any atom is 0.252 e. The van der Waals surface area contributed by atoms with E-state index in [2.05, 4.69) is 30.5 Å². The van der Waals surface area contributed by atoms with Gasteiger partial charge in [0.05, 0.1) is 28.6 Å². The van der Waals surface area contributed by atoms with Crippen molar-refractivity contribution in [3.63, 3.8) is 0 Å². The van der Waals surface area contributed by atoms with Crippen LogP contribution in [0.1, 0.15) is 42.5 Å². The zero-order valence-electron chi connectivity index (χ0n) is 19.4. The van der Waals surface area contributed by atoms with Crippen molar-refractivity contribution in [2.45, 2.75) is 32.2 Å². The minimum Gasteiger partial charge on any atom is -0.340 e. The first-order valence-corrected chi connectivity index (χ1v) is 11.7. The molecule has 0 bridgehead atoms. The van der Waals surface area contributed by atoms with Crippen LogP contribution in [0.2, 0.25) is 5.02 Å². The van der Waals surface area contributed by atoms with E-state index in [0.29, 0.717) is 23.5 Å². The first kappa shape index (κ1) is 22.3. The number of tetrazole rings is 1. The molecule has 5 heterocycles. The van der Waals surface area contributed by atoms with E-state index in [1.165, 1.54) is 23.1 Å². The smallest absolute Gasteiger partial charge is 0.252 e. The van der Waals surface area contributed by atoms with Crippen molar-refractivity contribution >= 4 is 11.6 Å². The minimum absolute atomic E-state index is 0.0399. The monoisotopic (exact) mass is 502 g/mol. The van der Waals surface area contributed by atoms with E-state index in [9.17, 15) is 4.79 Å². The first-order chi connectivity index (χ1) is 17.4. The SMILES string of the molecule is Cc1cc(-c2cnc([C@H]3C[C@H](C)c4cc(-c5c(-n6cnnn6)ccc(Cl)c5F)cc(=O)n43)[nH]2)ccn1. The second-order valence-corrected chi connectivity index (χ2v) is 9.31. The van der Waals surface area contributed by atoms with Gasteiger partial charge in [0.1, 0.15) is 12.2 Å². The van der Waals surface area contributed by atoms with Gasteiger partial charge in [0, 0.05) is 34.8 Å². The van der Waals surface area contributed by atoms with Crippen molar-refractivity contribution in [2.24, 2.45) is 0 Å². The zero-order valence-corrected chi connectivity index (χ0v) is 20.1. The van der Waals surface area contributed by atoms with E-state index in [0.717, 1.165) is 22.6 Å². The molecule has 1 aromatic carbocycles. The Balaban J connectivity index is 1.45. The predicted octanol–water partition coefficient (Wildman–Crippen LogP) is 4.47. The number of rotatable bonds is 4. The fraction of sp³-hybridized carbons (Fsp3) is 0.200. The molecule has 0 amide bonds. The Labute approximate surface area is 209 Å². The van der Waals surface area contributed by atoms with Crippen molar-refractivity contribution in [1.82, 2.24) is 39.7 Å². The van der Waals surface area contributed by atoms with Gasteiger partial charge >= 0.3 is 0 Å². The summed E-state index contributed by atoms with van der Waals surface area (Å²) in [7, 11) is 0. The number of nitrogens with zero attached hydrogens (tertiary/aromatic N) is 7. The molecule has 0 saturated carbocycles. The van der Waals surface area contributed by atoms with Gasteiger partial charge in [0.15, 0.2) is 5.82 Å². The van der Waals surface area contributed by atoms with E-state index in [-0.39, 0.29) is 28.1 Å². The number of imidazole rings is 1. The average Bonchev–Trinajstić information content (AvgIpc) is 3.61. The number of aryl methyl sites for hydroxylation is 1. The Hall–Kier alpha value is -4.18. The second-order valence-electron chi connectivity index (χ2n) is 8.91. The van der Waals surface area contributed by atoms with Gasteiger partial charge in [0.25, 0.3) is 5.56 Å². The summed E-state index contributed by atoms with van der Waals surface area (Å²) in [6.45, 7) is 3.97. The van der Waals surface area contributed by atoms with Crippen LogP contribution >= 0.6 is 11.6 Å². The van der Waals surface area contributed by atoms with Crippen LogP contribution < -0.4 is 5.56 Å². The quantitative estimate of drug-likeness (QED) is 0.388. The van der Waals surface area contributed by atoms with Gasteiger partial charge in [-0.05, 0) is 65.6 Å². The lowest BCUT2D eigenvalue weighted by Gasteiger charge is -2.16. The summed E-state index contributed by atoms with van der Waals surface area (Å²) in [4.78, 5) is 25.7. The Morgan fingerprint density at radius 3 is 2.78 bits per heavy atom. The van der Waals surface area contributed by atoms with Crippen molar-refractivity contribution in [3.05, 3.63) is 93.5 Å². The molecule has 0 fully saturated rings. The standard InChI is InChI=1S/C25H20ClFN8O/c1-13-7-21(25-29-11-18(31-25)15-5-6-28-14(2)8-15)35-20(13)9-16(10-22(35)36)23-19(34-12-30-32-33-34)4-3-17(26)24(23)27/h3-6,8-13,21H,7H2,1-2H3,(H,29,31)/t13-,21+/m0/s1. The summed E-state index contributed by atoms with van der Waals surface area (Å²) >= 11 is 6.11. The van der Waals surface area contributed by atoms with Gasteiger partial charge in [-0.25, -0.2) is 9.37 Å². The molecular formula is C25H20ClFN8O. The maximum atomic E-state index is 15.3. The van der Waals surface area contributed by atoms with Crippen LogP contribution in [0.4, 0.5) is 4.39 Å². The predicted molar refractivity (Wildman–Crippen MR) is 132 cm³/mol. The highest BCUT2D eigenvalue weighted by atomic mass is 35.5. The number of pyridine rings is 2. The van der Waals surface area contributed by atoms with Crippen molar-refractivity contribution in [3.8, 4) is 28.1 Å². The Bertz CT molecular complexity index is 1660. The van der Waals surface area contributed by atoms with Gasteiger partial charge < -0.3 is 9.55 Å². The van der Waals surface area contributed by atoms with Gasteiger partial charge in [-0.2, -0.15) is 4.68 Å². The summed E-state index contributed by atoms with van der Waals surface area (Å²) in [6, 6.07) is 9.95. The molecule has 0 unspecified atom stereocenters. The molecule has 36 heavy (non-hydrogen) atoms. The Morgan fingerprint density at radius 1 is 1.14 bits per heavy atom. The normalized spacial score (nSPS) is 16.9. The number of H-pyrrole nitrogens is 1. The van der Waals surface area contributed by atoms with Crippen LogP contribution in [0.25, 0.3) is 28.1 Å². The largest absolute Gasteiger partial charge is 0.340 e. The molecule has 0 aliphatic carbocycles. The van der Waals surface area contributed by atoms with Crippen LogP contribution in [0, 0.1) is 12.7 Å². The molecule has 4 aromatic heterocycles. The van der Waals surface area contributed by atoms with E-state index >= 15 is 4.39 Å². The van der Waals surface area contributed by atoms with Crippen molar-refractivity contribution in [1.29, 1.82) is 0 Å². The van der Waals surface area contributed by atoms with Gasteiger partial charge in [-0.15, -0.1) is 5.10 Å². The molecule has 9 nitrogen and oxygen atoms in total. The van der Waals surface area contributed by atoms with E-state index in [1.807, 2.05) is 32.0 Å². The number of hydrogen-bond donors (Lipinski definition) is 1. The fourth-order valence-electron chi connectivity index (χ4n) is 4.90. The fourth-order valence-corrected chi connectivity index (χ4v) is 5.05. The van der Waals surface area contributed by atoms with Crippen LogP contribution in [0.5, 0.6) is 0 Å². The Kier molecular flexibility index (Phi) is 5.26. The molecule has 0 radical (unpaired) electrons. The molecule has 180 valence electrons. The zero-order chi connectivity index (χ0) is 25.0. The van der Waals surface area contributed by atoms with Gasteiger partial charge in [0.2, 0.25) is 0 Å². The highest BCUT2D eigenvalue weighted by Gasteiger charge is 2.33. The van der Waals surface area contributed by atoms with Crippen molar-refractivity contribution < 1.29 is 4.39 Å². The molecule has 6 rings (SSSR count). The summed E-state index contributed by atoms with van der Waals surface area (Å²) in [5.74, 6) is 0.0980. The lowest BCUT2D eigenvalue weighted by molar-refractivity contribution is 0.557. The third-order valence-corrected chi connectivity index (χ3v) is 6.86. The number of benzene rings is 1. The topological polar surface area (TPSA) is 107 Å². The van der Waals surface area contributed by atoms with Gasteiger partial charge in [-0.3, -0.25) is 9.78 Å². The third-order valence-electron chi connectivity index (χ3n) is 6.57. The molecule has 0 spiro atoms. The Morgan fingerprint density at radius 2 is 2.00 bits per heavy atom. The van der Waals surface area contributed by atoms with Crippen LogP contribution in [0.15, 0.2) is 59.9 Å². The number of aromatic amines is 1. The summed E-state index contributed by atoms with van der Waals surface area (Å²) in [5.41, 5.74) is 4.24.